The Hall–Kier alpha value is -1.97. The fourth-order valence-corrected chi connectivity index (χ4v) is 1.95. The predicted octanol–water partition coefficient (Wildman–Crippen LogP) is 3.00. The van der Waals surface area contributed by atoms with Gasteiger partial charge in [0.1, 0.15) is 0 Å². The topological polar surface area (TPSA) is 29.5 Å². The summed E-state index contributed by atoms with van der Waals surface area (Å²) >= 11 is 0. The van der Waals surface area contributed by atoms with Crippen molar-refractivity contribution in [3.63, 3.8) is 0 Å². The van der Waals surface area contributed by atoms with E-state index in [4.69, 9.17) is 4.74 Å². The van der Waals surface area contributed by atoms with Crippen LogP contribution in [0.15, 0.2) is 54.6 Å². The monoisotopic (exact) mass is 283 g/mol. The number of carbonyl (C=O) groups is 1. The molecular weight excluding hydrogens is 262 g/mol. The van der Waals surface area contributed by atoms with Crippen LogP contribution in [-0.4, -0.2) is 37.9 Å². The second-order valence-corrected chi connectivity index (χ2v) is 5.25. The van der Waals surface area contributed by atoms with Crippen LogP contribution < -0.4 is 0 Å². The average molecular weight is 283 g/mol. The van der Waals surface area contributed by atoms with Gasteiger partial charge in [-0.2, -0.15) is 0 Å². The molecule has 0 amide bonds. The van der Waals surface area contributed by atoms with Gasteiger partial charge in [-0.3, -0.25) is 4.79 Å². The van der Waals surface area contributed by atoms with E-state index in [0.29, 0.717) is 24.3 Å². The zero-order valence-corrected chi connectivity index (χ0v) is 12.6. The number of hydrogen-bond acceptors (Lipinski definition) is 3. The average Bonchev–Trinajstić information content (AvgIpc) is 2.52. The van der Waals surface area contributed by atoms with Crippen molar-refractivity contribution in [1.29, 1.82) is 0 Å². The standard InChI is InChI=1S/C18H21NO2/c1-19(2)12-13-21-14-15-8-10-17(11-9-15)18(20)16-6-4-3-5-7-16/h3-11H,12-14H2,1-2H3. The number of rotatable bonds is 7. The van der Waals surface area contributed by atoms with Gasteiger partial charge in [0.15, 0.2) is 5.78 Å². The molecular formula is C18H21NO2. The lowest BCUT2D eigenvalue weighted by Gasteiger charge is -2.10. The molecule has 0 aliphatic carbocycles. The molecule has 0 spiro atoms. The van der Waals surface area contributed by atoms with Gasteiger partial charge in [-0.05, 0) is 19.7 Å². The van der Waals surface area contributed by atoms with Gasteiger partial charge in [-0.25, -0.2) is 0 Å². The first-order valence-electron chi connectivity index (χ1n) is 7.08. The molecule has 2 rings (SSSR count). The molecule has 0 heterocycles. The van der Waals surface area contributed by atoms with Crippen LogP contribution in [0.2, 0.25) is 0 Å². The maximum atomic E-state index is 12.3. The zero-order chi connectivity index (χ0) is 15.1. The minimum absolute atomic E-state index is 0.0516. The quantitative estimate of drug-likeness (QED) is 0.578. The van der Waals surface area contributed by atoms with Gasteiger partial charge in [0.2, 0.25) is 0 Å². The number of ether oxygens (including phenoxy) is 1. The molecule has 0 fully saturated rings. The van der Waals surface area contributed by atoms with Gasteiger partial charge >= 0.3 is 0 Å². The van der Waals surface area contributed by atoms with Crippen LogP contribution in [0.3, 0.4) is 0 Å². The van der Waals surface area contributed by atoms with E-state index in [1.807, 2.05) is 68.7 Å². The number of nitrogens with zero attached hydrogens (tertiary/aromatic N) is 1. The van der Waals surface area contributed by atoms with Crippen LogP contribution in [-0.2, 0) is 11.3 Å². The lowest BCUT2D eigenvalue weighted by molar-refractivity contribution is 0.103. The van der Waals surface area contributed by atoms with Gasteiger partial charge in [-0.1, -0.05) is 54.6 Å². The highest BCUT2D eigenvalue weighted by atomic mass is 16.5. The van der Waals surface area contributed by atoms with Crippen molar-refractivity contribution >= 4 is 5.78 Å². The van der Waals surface area contributed by atoms with Crippen LogP contribution in [0.1, 0.15) is 21.5 Å². The van der Waals surface area contributed by atoms with Crippen LogP contribution in [0, 0.1) is 0 Å². The van der Waals surface area contributed by atoms with E-state index >= 15 is 0 Å². The lowest BCUT2D eigenvalue weighted by Crippen LogP contribution is -2.17. The van der Waals surface area contributed by atoms with Crippen molar-refractivity contribution in [3.05, 3.63) is 71.3 Å². The van der Waals surface area contributed by atoms with E-state index in [1.54, 1.807) is 0 Å². The number of benzene rings is 2. The third kappa shape index (κ3) is 4.81. The van der Waals surface area contributed by atoms with Crippen LogP contribution >= 0.6 is 0 Å². The number of ketones is 1. The molecule has 0 saturated carbocycles. The molecule has 0 atom stereocenters. The van der Waals surface area contributed by atoms with E-state index in [2.05, 4.69) is 4.90 Å². The highest BCUT2D eigenvalue weighted by molar-refractivity contribution is 6.08. The Morgan fingerprint density at radius 3 is 2.19 bits per heavy atom. The van der Waals surface area contributed by atoms with Crippen molar-refractivity contribution < 1.29 is 9.53 Å². The SMILES string of the molecule is CN(C)CCOCc1ccc(C(=O)c2ccccc2)cc1. The number of carbonyl (C=O) groups excluding carboxylic acids is 1. The van der Waals surface area contributed by atoms with Gasteiger partial charge in [0.25, 0.3) is 0 Å². The molecule has 0 aliphatic heterocycles. The first-order chi connectivity index (χ1) is 10.2. The summed E-state index contributed by atoms with van der Waals surface area (Å²) in [6.07, 6.45) is 0. The van der Waals surface area contributed by atoms with Crippen molar-refractivity contribution in [2.24, 2.45) is 0 Å². The minimum Gasteiger partial charge on any atom is -0.375 e. The Bertz CT molecular complexity index is 562. The van der Waals surface area contributed by atoms with Gasteiger partial charge in [-0.15, -0.1) is 0 Å². The third-order valence-corrected chi connectivity index (χ3v) is 3.20. The maximum absolute atomic E-state index is 12.3. The molecule has 0 bridgehead atoms. The second-order valence-electron chi connectivity index (χ2n) is 5.25. The van der Waals surface area contributed by atoms with E-state index in [0.717, 1.165) is 12.1 Å². The predicted molar refractivity (Wildman–Crippen MR) is 84.5 cm³/mol. The molecule has 0 aromatic heterocycles. The first kappa shape index (κ1) is 15.4. The molecule has 0 N–H and O–H groups in total. The fourth-order valence-electron chi connectivity index (χ4n) is 1.95. The lowest BCUT2D eigenvalue weighted by atomic mass is 10.0. The molecule has 3 nitrogen and oxygen atoms in total. The first-order valence-corrected chi connectivity index (χ1v) is 7.08. The van der Waals surface area contributed by atoms with Crippen molar-refractivity contribution in [3.8, 4) is 0 Å². The van der Waals surface area contributed by atoms with Crippen molar-refractivity contribution in [1.82, 2.24) is 4.90 Å². The highest BCUT2D eigenvalue weighted by Crippen LogP contribution is 2.11. The summed E-state index contributed by atoms with van der Waals surface area (Å²) in [7, 11) is 4.04. The Labute approximate surface area is 126 Å². The molecule has 0 saturated heterocycles. The molecule has 21 heavy (non-hydrogen) atoms. The maximum Gasteiger partial charge on any atom is 0.193 e. The molecule has 3 heteroatoms. The molecule has 110 valence electrons. The molecule has 0 aliphatic rings. The van der Waals surface area contributed by atoms with Gasteiger partial charge in [0.05, 0.1) is 13.2 Å². The minimum atomic E-state index is 0.0516. The summed E-state index contributed by atoms with van der Waals surface area (Å²) < 4.78 is 5.59. The van der Waals surface area contributed by atoms with Gasteiger partial charge in [0, 0.05) is 17.7 Å². The number of hydrogen-bond donors (Lipinski definition) is 0. The van der Waals surface area contributed by atoms with Crippen molar-refractivity contribution in [2.45, 2.75) is 6.61 Å². The normalized spacial score (nSPS) is 10.8. The fraction of sp³-hybridized carbons (Fsp3) is 0.278. The smallest absolute Gasteiger partial charge is 0.193 e. The summed E-state index contributed by atoms with van der Waals surface area (Å²) in [6, 6.07) is 16.9. The Morgan fingerprint density at radius 1 is 0.952 bits per heavy atom. The largest absolute Gasteiger partial charge is 0.375 e. The summed E-state index contributed by atoms with van der Waals surface area (Å²) in [6.45, 7) is 2.19. The van der Waals surface area contributed by atoms with Crippen LogP contribution in [0.25, 0.3) is 0 Å². The zero-order valence-electron chi connectivity index (χ0n) is 12.6. The number of likely N-dealkylation sites (N-methyl/N-ethyl adjacent to an activating group) is 1. The Kier molecular flexibility index (Phi) is 5.67. The Morgan fingerprint density at radius 2 is 1.57 bits per heavy atom. The van der Waals surface area contributed by atoms with Crippen molar-refractivity contribution in [2.75, 3.05) is 27.2 Å². The summed E-state index contributed by atoms with van der Waals surface area (Å²) in [4.78, 5) is 14.3. The van der Waals surface area contributed by atoms with E-state index in [1.165, 1.54) is 0 Å². The van der Waals surface area contributed by atoms with E-state index in [9.17, 15) is 4.79 Å². The highest BCUT2D eigenvalue weighted by Gasteiger charge is 2.07. The molecule has 0 unspecified atom stereocenters. The third-order valence-electron chi connectivity index (χ3n) is 3.20. The summed E-state index contributed by atoms with van der Waals surface area (Å²) in [5.74, 6) is 0.0516. The molecule has 2 aromatic rings. The summed E-state index contributed by atoms with van der Waals surface area (Å²) in [5.41, 5.74) is 2.50. The molecule has 2 aromatic carbocycles. The van der Waals surface area contributed by atoms with E-state index < -0.39 is 0 Å². The molecule has 0 radical (unpaired) electrons. The van der Waals surface area contributed by atoms with Gasteiger partial charge < -0.3 is 9.64 Å². The van der Waals surface area contributed by atoms with E-state index in [-0.39, 0.29) is 5.78 Å². The summed E-state index contributed by atoms with van der Waals surface area (Å²) in [5, 5.41) is 0. The van der Waals surface area contributed by atoms with Crippen LogP contribution in [0.5, 0.6) is 0 Å². The Balaban J connectivity index is 1.91. The second kappa shape index (κ2) is 7.72. The van der Waals surface area contributed by atoms with Crippen LogP contribution in [0.4, 0.5) is 0 Å².